The van der Waals surface area contributed by atoms with Crippen LogP contribution in [-0.4, -0.2) is 88.3 Å². The number of ether oxygens (including phenoxy) is 1. The Morgan fingerprint density at radius 1 is 1.46 bits per heavy atom. The average molecular weight is 414 g/mol. The SMILES string of the molecule is C[C@@H](O)[C@H]1C(=O)N2C(C(=O)O)=C(SC3CCN(COCCNC(N)=O)C3)C[C@H]12. The first-order valence-electron chi connectivity index (χ1n) is 9.27. The number of carbonyl (C=O) groups excluding carboxylic acids is 2. The number of nitrogens with one attached hydrogen (secondary N) is 1. The lowest BCUT2D eigenvalue weighted by molar-refractivity contribution is -0.161. The van der Waals surface area contributed by atoms with Gasteiger partial charge in [0, 0.05) is 36.2 Å². The van der Waals surface area contributed by atoms with Crippen molar-refractivity contribution in [1.29, 1.82) is 0 Å². The number of carboxylic acid groups (broad SMARTS) is 1. The minimum atomic E-state index is -1.09. The monoisotopic (exact) mass is 414 g/mol. The fraction of sp³-hybridized carbons (Fsp3) is 0.706. The van der Waals surface area contributed by atoms with Crippen LogP contribution in [0.3, 0.4) is 0 Å². The van der Waals surface area contributed by atoms with Gasteiger partial charge in [0.1, 0.15) is 5.70 Å². The van der Waals surface area contributed by atoms with E-state index in [-0.39, 0.29) is 22.9 Å². The topological polar surface area (TPSA) is 145 Å². The molecule has 0 aromatic carbocycles. The molecule has 4 atom stereocenters. The lowest BCUT2D eigenvalue weighted by atomic mass is 9.83. The first-order valence-corrected chi connectivity index (χ1v) is 10.1. The van der Waals surface area contributed by atoms with Gasteiger partial charge in [0.05, 0.1) is 31.4 Å². The molecule has 3 amide bonds. The largest absolute Gasteiger partial charge is 0.477 e. The molecule has 5 N–H and O–H groups in total. The van der Waals surface area contributed by atoms with Gasteiger partial charge in [-0.1, -0.05) is 0 Å². The molecule has 0 aromatic rings. The number of carbonyl (C=O) groups is 3. The minimum absolute atomic E-state index is 0.0733. The fourth-order valence-corrected chi connectivity index (χ4v) is 5.46. The molecule has 0 radical (unpaired) electrons. The number of primary amides is 1. The van der Waals surface area contributed by atoms with Crippen LogP contribution in [0.4, 0.5) is 4.79 Å². The standard InChI is InChI=1S/C17H26N4O6S/c1-9(22)13-11-6-12(14(16(24)25)21(11)15(13)23)28-10-2-4-20(7-10)8-27-5-3-19-17(18)26/h9-11,13,22H,2-8H2,1H3,(H,24,25)(H3,18,19,26)/t9-,10?,11-,13-/m1/s1. The number of rotatable bonds is 9. The molecule has 3 rings (SSSR count). The molecule has 3 heterocycles. The van der Waals surface area contributed by atoms with Gasteiger partial charge < -0.3 is 30.9 Å². The molecule has 0 aliphatic carbocycles. The number of aliphatic hydroxyl groups is 1. The Bertz CT molecular complexity index is 685. The van der Waals surface area contributed by atoms with E-state index in [1.807, 2.05) is 0 Å². The number of nitrogens with two attached hydrogens (primary N) is 1. The second-order valence-corrected chi connectivity index (χ2v) is 8.65. The predicted molar refractivity (Wildman–Crippen MR) is 101 cm³/mol. The zero-order valence-corrected chi connectivity index (χ0v) is 16.5. The van der Waals surface area contributed by atoms with Crippen LogP contribution in [0.25, 0.3) is 0 Å². The lowest BCUT2D eigenvalue weighted by Gasteiger charge is -2.44. The summed E-state index contributed by atoms with van der Waals surface area (Å²) in [6.45, 7) is 4.30. The van der Waals surface area contributed by atoms with Gasteiger partial charge in [-0.15, -0.1) is 11.8 Å². The Labute approximate surface area is 167 Å². The predicted octanol–water partition coefficient (Wildman–Crippen LogP) is -0.656. The molecule has 2 fully saturated rings. The van der Waals surface area contributed by atoms with Gasteiger partial charge in [0.25, 0.3) is 0 Å². The smallest absolute Gasteiger partial charge is 0.353 e. The first-order chi connectivity index (χ1) is 13.3. The summed E-state index contributed by atoms with van der Waals surface area (Å²) < 4.78 is 5.50. The molecular weight excluding hydrogens is 388 g/mol. The van der Waals surface area contributed by atoms with Crippen LogP contribution in [0.1, 0.15) is 19.8 Å². The number of likely N-dealkylation sites (tertiary alicyclic amines) is 1. The van der Waals surface area contributed by atoms with E-state index in [4.69, 9.17) is 10.5 Å². The number of hydrogen-bond acceptors (Lipinski definition) is 7. The summed E-state index contributed by atoms with van der Waals surface area (Å²) in [6, 6.07) is -0.832. The van der Waals surface area contributed by atoms with Crippen LogP contribution >= 0.6 is 11.8 Å². The number of nitrogens with zero attached hydrogens (tertiary/aromatic N) is 2. The van der Waals surface area contributed by atoms with Crippen molar-refractivity contribution in [3.8, 4) is 0 Å². The molecule has 28 heavy (non-hydrogen) atoms. The molecule has 1 unspecified atom stereocenters. The van der Waals surface area contributed by atoms with E-state index in [2.05, 4.69) is 10.2 Å². The van der Waals surface area contributed by atoms with Gasteiger partial charge in [-0.25, -0.2) is 9.59 Å². The molecule has 0 bridgehead atoms. The van der Waals surface area contributed by atoms with Gasteiger partial charge >= 0.3 is 12.0 Å². The third kappa shape index (κ3) is 4.27. The molecule has 0 saturated carbocycles. The van der Waals surface area contributed by atoms with E-state index in [9.17, 15) is 24.6 Å². The van der Waals surface area contributed by atoms with Gasteiger partial charge in [-0.05, 0) is 13.3 Å². The van der Waals surface area contributed by atoms with E-state index in [0.29, 0.717) is 31.2 Å². The normalized spacial score (nSPS) is 28.3. The molecule has 0 aromatic heterocycles. The maximum Gasteiger partial charge on any atom is 0.353 e. The van der Waals surface area contributed by atoms with Crippen molar-refractivity contribution in [3.05, 3.63) is 10.6 Å². The fourth-order valence-electron chi connectivity index (χ4n) is 3.99. The highest BCUT2D eigenvalue weighted by Gasteiger charge is 2.57. The van der Waals surface area contributed by atoms with Gasteiger partial charge in [-0.3, -0.25) is 9.69 Å². The zero-order chi connectivity index (χ0) is 20.4. The van der Waals surface area contributed by atoms with Crippen LogP contribution in [0.15, 0.2) is 10.6 Å². The van der Waals surface area contributed by atoms with Crippen molar-refractivity contribution in [2.24, 2.45) is 11.7 Å². The third-order valence-electron chi connectivity index (χ3n) is 5.25. The number of amides is 3. The highest BCUT2D eigenvalue weighted by molar-refractivity contribution is 8.03. The molecule has 0 spiro atoms. The van der Waals surface area contributed by atoms with Crippen LogP contribution in [0, 0.1) is 5.92 Å². The summed E-state index contributed by atoms with van der Waals surface area (Å²) in [7, 11) is 0. The number of carboxylic acids is 1. The van der Waals surface area contributed by atoms with Crippen molar-refractivity contribution in [2.75, 3.05) is 33.0 Å². The summed E-state index contributed by atoms with van der Waals surface area (Å²) in [4.78, 5) is 38.7. The average Bonchev–Trinajstić information content (AvgIpc) is 3.17. The van der Waals surface area contributed by atoms with E-state index in [1.165, 1.54) is 16.7 Å². The zero-order valence-electron chi connectivity index (χ0n) is 15.7. The van der Waals surface area contributed by atoms with Crippen LogP contribution < -0.4 is 11.1 Å². The number of thioether (sulfide) groups is 1. The second-order valence-electron chi connectivity index (χ2n) is 7.26. The molecule has 3 aliphatic heterocycles. The molecular formula is C17H26N4O6S. The van der Waals surface area contributed by atoms with Gasteiger partial charge in [0.2, 0.25) is 5.91 Å². The number of aliphatic hydroxyl groups excluding tert-OH is 1. The lowest BCUT2D eigenvalue weighted by Crippen LogP contribution is -2.61. The van der Waals surface area contributed by atoms with E-state index >= 15 is 0 Å². The van der Waals surface area contributed by atoms with Crippen molar-refractivity contribution in [1.82, 2.24) is 15.1 Å². The third-order valence-corrected chi connectivity index (χ3v) is 6.61. The van der Waals surface area contributed by atoms with E-state index in [1.54, 1.807) is 6.92 Å². The Balaban J connectivity index is 1.51. The maximum atomic E-state index is 12.2. The number of urea groups is 1. The highest BCUT2D eigenvalue weighted by atomic mass is 32.2. The Morgan fingerprint density at radius 3 is 2.86 bits per heavy atom. The number of aliphatic carboxylic acids is 1. The molecule has 156 valence electrons. The molecule has 11 heteroatoms. The van der Waals surface area contributed by atoms with Gasteiger partial charge in [-0.2, -0.15) is 0 Å². The summed E-state index contributed by atoms with van der Waals surface area (Å²) in [5.74, 6) is -1.92. The van der Waals surface area contributed by atoms with E-state index < -0.39 is 24.0 Å². The second kappa shape index (κ2) is 8.68. The summed E-state index contributed by atoms with van der Waals surface area (Å²) >= 11 is 1.52. The summed E-state index contributed by atoms with van der Waals surface area (Å²) in [6.07, 6.45) is 0.596. The first kappa shape index (κ1) is 20.9. The number of β-lactam (4-membered cyclic amide) rings is 1. The summed E-state index contributed by atoms with van der Waals surface area (Å²) in [5, 5.41) is 22.1. The molecule has 10 nitrogen and oxygen atoms in total. The molecule has 3 aliphatic rings. The summed E-state index contributed by atoms with van der Waals surface area (Å²) in [5.41, 5.74) is 5.05. The number of hydrogen-bond donors (Lipinski definition) is 4. The van der Waals surface area contributed by atoms with Crippen molar-refractivity contribution >= 4 is 29.7 Å². The maximum absolute atomic E-state index is 12.2. The highest BCUT2D eigenvalue weighted by Crippen LogP contribution is 2.48. The van der Waals surface area contributed by atoms with Crippen LogP contribution in [0.2, 0.25) is 0 Å². The Morgan fingerprint density at radius 2 is 2.21 bits per heavy atom. The molecule has 2 saturated heterocycles. The van der Waals surface area contributed by atoms with Crippen LogP contribution in [0.5, 0.6) is 0 Å². The van der Waals surface area contributed by atoms with Crippen molar-refractivity contribution in [2.45, 2.75) is 37.2 Å². The van der Waals surface area contributed by atoms with Gasteiger partial charge in [0.15, 0.2) is 0 Å². The van der Waals surface area contributed by atoms with Crippen LogP contribution in [-0.2, 0) is 14.3 Å². The number of fused-ring (bicyclic) bond motifs is 1. The van der Waals surface area contributed by atoms with E-state index in [0.717, 1.165) is 19.5 Å². The Kier molecular flexibility index (Phi) is 6.48. The Hall–Kier alpha value is -1.82. The quantitative estimate of drug-likeness (QED) is 0.287. The van der Waals surface area contributed by atoms with Crippen molar-refractivity contribution < 1.29 is 29.3 Å². The minimum Gasteiger partial charge on any atom is -0.477 e. The van der Waals surface area contributed by atoms with Crippen molar-refractivity contribution in [3.63, 3.8) is 0 Å².